The molecule has 11 heteroatoms. The summed E-state index contributed by atoms with van der Waals surface area (Å²) in [6.45, 7) is 3.30. The van der Waals surface area contributed by atoms with E-state index in [0.717, 1.165) is 16.8 Å². The Morgan fingerprint density at radius 2 is 1.59 bits per heavy atom. The molecule has 0 radical (unpaired) electrons. The molecule has 1 N–H and O–H groups in total. The first-order valence-corrected chi connectivity index (χ1v) is 14.5. The third-order valence-electron chi connectivity index (χ3n) is 7.41. The lowest BCUT2D eigenvalue weighted by Crippen LogP contribution is -2.22. The second-order valence-corrected chi connectivity index (χ2v) is 11.3. The summed E-state index contributed by atoms with van der Waals surface area (Å²) in [5.41, 5.74) is -0.371. The third-order valence-corrected chi connectivity index (χ3v) is 7.75. The number of nitriles is 1. The van der Waals surface area contributed by atoms with E-state index in [1.165, 1.54) is 7.05 Å². The predicted octanol–water partition coefficient (Wildman–Crippen LogP) is 9.10. The topological polar surface area (TPSA) is 97.7 Å². The summed E-state index contributed by atoms with van der Waals surface area (Å²) in [4.78, 5) is 23.7. The Kier molecular flexibility index (Phi) is 10.6. The highest BCUT2D eigenvalue weighted by Gasteiger charge is 2.62. The van der Waals surface area contributed by atoms with Crippen molar-refractivity contribution in [1.29, 1.82) is 5.26 Å². The summed E-state index contributed by atoms with van der Waals surface area (Å²) in [5, 5.41) is 12.6. The zero-order valence-corrected chi connectivity index (χ0v) is 25.8. The van der Waals surface area contributed by atoms with Crippen LogP contribution in [0, 0.1) is 28.6 Å². The Bertz CT molecular complexity index is 1760. The summed E-state index contributed by atoms with van der Waals surface area (Å²) in [7, 11) is 1.54. The van der Waals surface area contributed by atoms with Crippen molar-refractivity contribution in [2.24, 2.45) is 17.3 Å². The van der Waals surface area contributed by atoms with Gasteiger partial charge in [-0.2, -0.15) is 18.4 Å². The summed E-state index contributed by atoms with van der Waals surface area (Å²) in [6.07, 6.45) is -5.52. The summed E-state index contributed by atoms with van der Waals surface area (Å²) in [5.74, 6) is -0.693. The Morgan fingerprint density at radius 3 is 2.26 bits per heavy atom. The highest BCUT2D eigenvalue weighted by Crippen LogP contribution is 2.60. The predicted molar refractivity (Wildman–Crippen MR) is 167 cm³/mol. The number of hydrogen-bond acceptors (Lipinski definition) is 6. The van der Waals surface area contributed by atoms with E-state index < -0.39 is 46.6 Å². The normalized spacial score (nSPS) is 17.4. The number of hydrogen-bond donors (Lipinski definition) is 1. The number of carbonyl (C=O) groups excluding carboxylic acids is 2. The first-order chi connectivity index (χ1) is 21.8. The molecule has 0 aliphatic heterocycles. The zero-order valence-electron chi connectivity index (χ0n) is 25.0. The number of esters is 1. The number of alkyl halides is 3. The van der Waals surface area contributed by atoms with E-state index in [4.69, 9.17) is 25.8 Å². The van der Waals surface area contributed by atoms with Crippen molar-refractivity contribution in [3.63, 3.8) is 0 Å². The van der Waals surface area contributed by atoms with Crippen LogP contribution in [0.5, 0.6) is 17.2 Å². The van der Waals surface area contributed by atoms with Crippen molar-refractivity contribution >= 4 is 34.4 Å². The maximum absolute atomic E-state index is 12.7. The van der Waals surface area contributed by atoms with Crippen molar-refractivity contribution in [3.05, 3.63) is 114 Å². The van der Waals surface area contributed by atoms with Crippen LogP contribution < -0.4 is 14.8 Å². The van der Waals surface area contributed by atoms with Gasteiger partial charge >= 0.3 is 18.2 Å². The first-order valence-electron chi connectivity index (χ1n) is 14.1. The number of para-hydroxylation sites is 1. The van der Waals surface area contributed by atoms with E-state index in [-0.39, 0.29) is 0 Å². The number of amides is 1. The molecule has 0 bridgehead atoms. The van der Waals surface area contributed by atoms with Crippen LogP contribution in [0.2, 0.25) is 0 Å². The molecule has 238 valence electrons. The lowest BCUT2D eigenvalue weighted by atomic mass is 10.1. The second-order valence-electron chi connectivity index (χ2n) is 10.9. The lowest BCUT2D eigenvalue weighted by Gasteiger charge is -2.13. The fourth-order valence-electron chi connectivity index (χ4n) is 4.85. The molecule has 0 heterocycles. The lowest BCUT2D eigenvalue weighted by molar-refractivity contribution is -0.149. The average molecular weight is 651 g/mol. The van der Waals surface area contributed by atoms with Crippen LogP contribution >= 0.6 is 11.6 Å². The summed E-state index contributed by atoms with van der Waals surface area (Å²) in [6, 6.07) is 30.8. The number of halogens is 4. The minimum atomic E-state index is -4.68. The molecule has 1 unspecified atom stereocenters. The molecule has 1 aliphatic rings. The monoisotopic (exact) mass is 650 g/mol. The van der Waals surface area contributed by atoms with Crippen LogP contribution in [0.1, 0.15) is 25.5 Å². The van der Waals surface area contributed by atoms with Crippen LogP contribution in [-0.4, -0.2) is 25.3 Å². The molecule has 1 aliphatic carbocycles. The summed E-state index contributed by atoms with van der Waals surface area (Å²) >= 11 is 5.32. The van der Waals surface area contributed by atoms with Gasteiger partial charge in [0.05, 0.1) is 5.92 Å². The van der Waals surface area contributed by atoms with Gasteiger partial charge in [-0.25, -0.2) is 4.79 Å². The minimum Gasteiger partial charge on any atom is -0.457 e. The smallest absolute Gasteiger partial charge is 0.426 e. The fraction of sp³-hybridized carbons (Fsp3) is 0.229. The van der Waals surface area contributed by atoms with Gasteiger partial charge in [-0.15, -0.1) is 0 Å². The highest BCUT2D eigenvalue weighted by atomic mass is 35.5. The second kappa shape index (κ2) is 14.4. The number of carbonyl (C=O) groups is 2. The van der Waals surface area contributed by atoms with Crippen LogP contribution in [-0.2, 0) is 9.53 Å². The van der Waals surface area contributed by atoms with Crippen molar-refractivity contribution in [2.45, 2.75) is 26.1 Å². The quantitative estimate of drug-likeness (QED) is 0.200. The Morgan fingerprint density at radius 1 is 0.957 bits per heavy atom. The molecule has 7 nitrogen and oxygen atoms in total. The minimum absolute atomic E-state index is 0.392. The van der Waals surface area contributed by atoms with Crippen molar-refractivity contribution in [2.75, 3.05) is 7.05 Å². The van der Waals surface area contributed by atoms with E-state index in [0.29, 0.717) is 22.8 Å². The van der Waals surface area contributed by atoms with Gasteiger partial charge in [0.1, 0.15) is 28.4 Å². The number of ether oxygens (including phenoxy) is 3. The molecule has 0 aromatic heterocycles. The molecular formula is C35H30ClF3N2O5. The third kappa shape index (κ3) is 8.37. The molecule has 1 amide bonds. The maximum Gasteiger partial charge on any atom is 0.426 e. The number of nitrogens with zero attached hydrogens (tertiary/aromatic N) is 1. The van der Waals surface area contributed by atoms with E-state index in [9.17, 15) is 28.0 Å². The number of fused-ring (bicyclic) bond motifs is 1. The van der Waals surface area contributed by atoms with Crippen molar-refractivity contribution < 1.29 is 37.0 Å². The van der Waals surface area contributed by atoms with Crippen LogP contribution in [0.25, 0.3) is 10.8 Å². The maximum atomic E-state index is 12.7. The van der Waals surface area contributed by atoms with E-state index in [1.54, 1.807) is 56.3 Å². The van der Waals surface area contributed by atoms with Gasteiger partial charge < -0.3 is 19.5 Å². The molecule has 0 saturated heterocycles. The van der Waals surface area contributed by atoms with Gasteiger partial charge in [0, 0.05) is 18.0 Å². The molecule has 4 aromatic rings. The standard InChI is InChI=1S/C23H19ClF3NO3.C12H11NO2/c1-22(2)17(12-19(24)23(25,26)27)20(22)21(29)31-18(13-28)14-7-6-10-16(11-14)30-15-8-4-3-5-9-15;1-13-12(14)15-11-8-4-6-9-5-2-3-7-10(9)11/h3-12,17-18,20H,1-2H3;2-8H,1H3,(H,13,14)/b19-12-;/t17-,18?,20-;/m0./s1. The number of nitrogens with one attached hydrogen (secondary N) is 1. The van der Waals surface area contributed by atoms with Gasteiger partial charge in [0.2, 0.25) is 6.10 Å². The summed E-state index contributed by atoms with van der Waals surface area (Å²) < 4.78 is 54.4. The molecule has 1 saturated carbocycles. The average Bonchev–Trinajstić information content (AvgIpc) is 3.59. The molecule has 1 fully saturated rings. The van der Waals surface area contributed by atoms with E-state index >= 15 is 0 Å². The van der Waals surface area contributed by atoms with Crippen LogP contribution in [0.4, 0.5) is 18.0 Å². The zero-order chi connectivity index (χ0) is 33.5. The Labute approximate surface area is 269 Å². The molecule has 0 spiro atoms. The molecule has 4 aromatic carbocycles. The highest BCUT2D eigenvalue weighted by molar-refractivity contribution is 6.30. The van der Waals surface area contributed by atoms with Gasteiger partial charge in [0.25, 0.3) is 0 Å². The fourth-order valence-corrected chi connectivity index (χ4v) is 4.99. The molecule has 3 atom stereocenters. The molecular weight excluding hydrogens is 621 g/mol. The van der Waals surface area contributed by atoms with Gasteiger partial charge in [-0.3, -0.25) is 4.79 Å². The van der Waals surface area contributed by atoms with E-state index in [2.05, 4.69) is 5.32 Å². The Hall–Kier alpha value is -5.01. The molecule has 5 rings (SSSR count). The van der Waals surface area contributed by atoms with Crippen LogP contribution in [0.3, 0.4) is 0 Å². The first kappa shape index (κ1) is 33.9. The van der Waals surface area contributed by atoms with Gasteiger partial charge in [0.15, 0.2) is 0 Å². The molecule has 46 heavy (non-hydrogen) atoms. The largest absolute Gasteiger partial charge is 0.457 e. The van der Waals surface area contributed by atoms with Crippen LogP contribution in [0.15, 0.2) is 108 Å². The van der Waals surface area contributed by atoms with Crippen molar-refractivity contribution in [1.82, 2.24) is 5.32 Å². The number of allylic oxidation sites excluding steroid dienone is 2. The van der Waals surface area contributed by atoms with Gasteiger partial charge in [-0.05, 0) is 47.1 Å². The Balaban J connectivity index is 0.000000266. The van der Waals surface area contributed by atoms with E-state index in [1.807, 2.05) is 60.7 Å². The van der Waals surface area contributed by atoms with Gasteiger partial charge in [-0.1, -0.05) is 98.3 Å². The van der Waals surface area contributed by atoms with Crippen molar-refractivity contribution in [3.8, 4) is 23.3 Å². The SMILES string of the molecule is CC1(C)[C@H](C(=O)OC(C#N)c2cccc(Oc3ccccc3)c2)[C@@H]1/C=C(\Cl)C(F)(F)F.CNC(=O)Oc1cccc2ccccc12. The number of benzene rings is 4. The number of rotatable bonds is 7.